The van der Waals surface area contributed by atoms with E-state index in [4.69, 9.17) is 10.5 Å². The van der Waals surface area contributed by atoms with Crippen molar-refractivity contribution < 1.29 is 4.74 Å². The molecule has 0 saturated carbocycles. The first-order valence-corrected chi connectivity index (χ1v) is 7.03. The smallest absolute Gasteiger partial charge is 0.201 e. The van der Waals surface area contributed by atoms with E-state index in [0.717, 1.165) is 37.0 Å². The summed E-state index contributed by atoms with van der Waals surface area (Å²) in [7, 11) is 0. The first-order chi connectivity index (χ1) is 9.20. The quantitative estimate of drug-likeness (QED) is 0.922. The number of hydrogen-bond acceptors (Lipinski definition) is 3. The van der Waals surface area contributed by atoms with Crippen molar-refractivity contribution >= 4 is 17.0 Å². The standard InChI is InChI=1S/C15H21N3O/c1-3-13-11(7-8-19-13)9-18-12-6-4-5-10(2)14(12)17-15(18)16/h4-6,11,13H,3,7-9H2,1-2H3,(H2,16,17). The van der Waals surface area contributed by atoms with E-state index in [2.05, 4.69) is 41.6 Å². The van der Waals surface area contributed by atoms with Gasteiger partial charge in [-0.3, -0.25) is 0 Å². The van der Waals surface area contributed by atoms with Crippen LogP contribution in [0.5, 0.6) is 0 Å². The number of fused-ring (bicyclic) bond motifs is 1. The largest absolute Gasteiger partial charge is 0.378 e. The lowest BCUT2D eigenvalue weighted by molar-refractivity contribution is 0.0839. The minimum atomic E-state index is 0.363. The Hall–Kier alpha value is -1.55. The molecule has 102 valence electrons. The molecule has 2 N–H and O–H groups in total. The number of nitrogens with zero attached hydrogens (tertiary/aromatic N) is 2. The van der Waals surface area contributed by atoms with Crippen molar-refractivity contribution in [3.05, 3.63) is 23.8 Å². The van der Waals surface area contributed by atoms with Gasteiger partial charge in [0.25, 0.3) is 0 Å². The zero-order valence-electron chi connectivity index (χ0n) is 11.6. The van der Waals surface area contributed by atoms with Crippen molar-refractivity contribution in [3.63, 3.8) is 0 Å². The third-order valence-corrected chi connectivity index (χ3v) is 4.18. The molecule has 1 saturated heterocycles. The molecular weight excluding hydrogens is 238 g/mol. The number of anilines is 1. The van der Waals surface area contributed by atoms with Gasteiger partial charge in [-0.25, -0.2) is 4.98 Å². The molecule has 2 atom stereocenters. The van der Waals surface area contributed by atoms with Crippen LogP contribution in [0.1, 0.15) is 25.3 Å². The number of aromatic nitrogens is 2. The Bertz CT molecular complexity index is 590. The van der Waals surface area contributed by atoms with Gasteiger partial charge in [0.15, 0.2) is 0 Å². The molecule has 2 unspecified atom stereocenters. The van der Waals surface area contributed by atoms with Gasteiger partial charge in [0.1, 0.15) is 0 Å². The topological polar surface area (TPSA) is 53.1 Å². The van der Waals surface area contributed by atoms with Gasteiger partial charge in [-0.15, -0.1) is 0 Å². The molecule has 0 radical (unpaired) electrons. The summed E-state index contributed by atoms with van der Waals surface area (Å²) in [5.41, 5.74) is 9.44. The van der Waals surface area contributed by atoms with E-state index >= 15 is 0 Å². The normalized spacial score (nSPS) is 23.3. The molecule has 1 fully saturated rings. The fourth-order valence-electron chi connectivity index (χ4n) is 3.08. The summed E-state index contributed by atoms with van der Waals surface area (Å²) in [4.78, 5) is 4.51. The van der Waals surface area contributed by atoms with E-state index in [9.17, 15) is 0 Å². The number of aryl methyl sites for hydroxylation is 1. The van der Waals surface area contributed by atoms with Gasteiger partial charge in [-0.2, -0.15) is 0 Å². The number of nitrogens with two attached hydrogens (primary N) is 1. The molecule has 1 aliphatic rings. The van der Waals surface area contributed by atoms with E-state index in [0.29, 0.717) is 18.0 Å². The Morgan fingerprint density at radius 2 is 2.32 bits per heavy atom. The zero-order chi connectivity index (χ0) is 13.4. The van der Waals surface area contributed by atoms with Crippen molar-refractivity contribution in [2.24, 2.45) is 5.92 Å². The van der Waals surface area contributed by atoms with Crippen LogP contribution in [0, 0.1) is 12.8 Å². The summed E-state index contributed by atoms with van der Waals surface area (Å²) in [6, 6.07) is 6.24. The lowest BCUT2D eigenvalue weighted by Crippen LogP contribution is -2.21. The second-order valence-electron chi connectivity index (χ2n) is 5.39. The van der Waals surface area contributed by atoms with Gasteiger partial charge in [-0.1, -0.05) is 19.1 Å². The summed E-state index contributed by atoms with van der Waals surface area (Å²) in [6.07, 6.45) is 2.54. The molecular formula is C15H21N3O. The fraction of sp³-hybridized carbons (Fsp3) is 0.533. The molecule has 2 heterocycles. The molecule has 1 aliphatic heterocycles. The predicted octanol–water partition coefficient (Wildman–Crippen LogP) is 2.74. The Kier molecular flexibility index (Phi) is 3.19. The highest BCUT2D eigenvalue weighted by Gasteiger charge is 2.28. The van der Waals surface area contributed by atoms with E-state index < -0.39 is 0 Å². The Labute approximate surface area is 113 Å². The molecule has 3 rings (SSSR count). The van der Waals surface area contributed by atoms with E-state index in [1.165, 1.54) is 5.56 Å². The first-order valence-electron chi connectivity index (χ1n) is 7.03. The molecule has 1 aromatic heterocycles. The van der Waals surface area contributed by atoms with Crippen molar-refractivity contribution in [3.8, 4) is 0 Å². The summed E-state index contributed by atoms with van der Waals surface area (Å²) in [5, 5.41) is 0. The molecule has 1 aromatic carbocycles. The first kappa shape index (κ1) is 12.5. The maximum atomic E-state index is 6.10. The van der Waals surface area contributed by atoms with Gasteiger partial charge in [0, 0.05) is 19.1 Å². The van der Waals surface area contributed by atoms with Crippen LogP contribution in [-0.2, 0) is 11.3 Å². The maximum Gasteiger partial charge on any atom is 0.201 e. The minimum absolute atomic E-state index is 0.363. The summed E-state index contributed by atoms with van der Waals surface area (Å²) in [5.74, 6) is 1.16. The number of imidazole rings is 1. The number of nitrogen functional groups attached to an aromatic ring is 1. The summed E-state index contributed by atoms with van der Waals surface area (Å²) < 4.78 is 7.91. The van der Waals surface area contributed by atoms with Crippen LogP contribution in [0.15, 0.2) is 18.2 Å². The van der Waals surface area contributed by atoms with Crippen molar-refractivity contribution in [2.75, 3.05) is 12.3 Å². The van der Waals surface area contributed by atoms with Gasteiger partial charge >= 0.3 is 0 Å². The number of benzene rings is 1. The number of hydrogen-bond donors (Lipinski definition) is 1. The molecule has 4 nitrogen and oxygen atoms in total. The lowest BCUT2D eigenvalue weighted by Gasteiger charge is -2.18. The Morgan fingerprint density at radius 3 is 3.11 bits per heavy atom. The van der Waals surface area contributed by atoms with Crippen LogP contribution in [0.4, 0.5) is 5.95 Å². The second kappa shape index (κ2) is 4.85. The van der Waals surface area contributed by atoms with Gasteiger partial charge in [0.05, 0.1) is 17.1 Å². The molecule has 2 aromatic rings. The summed E-state index contributed by atoms with van der Waals surface area (Å²) >= 11 is 0. The number of para-hydroxylation sites is 1. The number of rotatable bonds is 3. The van der Waals surface area contributed by atoms with Gasteiger partial charge < -0.3 is 15.0 Å². The van der Waals surface area contributed by atoms with Crippen LogP contribution in [0.3, 0.4) is 0 Å². The summed E-state index contributed by atoms with van der Waals surface area (Å²) in [6.45, 7) is 6.04. The minimum Gasteiger partial charge on any atom is -0.378 e. The lowest BCUT2D eigenvalue weighted by atomic mass is 9.99. The van der Waals surface area contributed by atoms with Gasteiger partial charge in [-0.05, 0) is 31.4 Å². The highest BCUT2D eigenvalue weighted by atomic mass is 16.5. The molecule has 0 aliphatic carbocycles. The molecule has 19 heavy (non-hydrogen) atoms. The molecule has 4 heteroatoms. The van der Waals surface area contributed by atoms with E-state index in [-0.39, 0.29) is 0 Å². The van der Waals surface area contributed by atoms with Crippen LogP contribution in [0.25, 0.3) is 11.0 Å². The SMILES string of the molecule is CCC1OCCC1Cn1c(N)nc2c(C)cccc21. The highest BCUT2D eigenvalue weighted by molar-refractivity contribution is 5.81. The van der Waals surface area contributed by atoms with Crippen molar-refractivity contribution in [1.82, 2.24) is 9.55 Å². The average molecular weight is 259 g/mol. The monoisotopic (exact) mass is 259 g/mol. The third-order valence-electron chi connectivity index (χ3n) is 4.18. The highest BCUT2D eigenvalue weighted by Crippen LogP contribution is 2.28. The molecule has 0 spiro atoms. The van der Waals surface area contributed by atoms with E-state index in [1.54, 1.807) is 0 Å². The zero-order valence-corrected chi connectivity index (χ0v) is 11.6. The van der Waals surface area contributed by atoms with Crippen LogP contribution < -0.4 is 5.73 Å². The number of ether oxygens (including phenoxy) is 1. The average Bonchev–Trinajstić information content (AvgIpc) is 2.97. The van der Waals surface area contributed by atoms with E-state index in [1.807, 2.05) is 0 Å². The molecule has 0 amide bonds. The van der Waals surface area contributed by atoms with Crippen molar-refractivity contribution in [2.45, 2.75) is 39.3 Å². The third kappa shape index (κ3) is 2.10. The van der Waals surface area contributed by atoms with Crippen LogP contribution in [0.2, 0.25) is 0 Å². The van der Waals surface area contributed by atoms with Crippen molar-refractivity contribution in [1.29, 1.82) is 0 Å². The Morgan fingerprint density at radius 1 is 1.47 bits per heavy atom. The predicted molar refractivity (Wildman–Crippen MR) is 77.0 cm³/mol. The Balaban J connectivity index is 1.96. The maximum absolute atomic E-state index is 6.10. The second-order valence-corrected chi connectivity index (χ2v) is 5.39. The molecule has 0 bridgehead atoms. The fourth-order valence-corrected chi connectivity index (χ4v) is 3.08. The van der Waals surface area contributed by atoms with Crippen LogP contribution >= 0.6 is 0 Å². The van der Waals surface area contributed by atoms with Crippen LogP contribution in [-0.4, -0.2) is 22.3 Å². The van der Waals surface area contributed by atoms with Gasteiger partial charge in [0.2, 0.25) is 5.95 Å².